The van der Waals surface area contributed by atoms with E-state index in [0.717, 1.165) is 28.1 Å². The van der Waals surface area contributed by atoms with Crippen LogP contribution in [0.3, 0.4) is 0 Å². The first kappa shape index (κ1) is 19.0. The number of nitrogens with zero attached hydrogens (tertiary/aromatic N) is 2. The van der Waals surface area contributed by atoms with Gasteiger partial charge in [-0.3, -0.25) is 15.1 Å². The Labute approximate surface area is 162 Å². The van der Waals surface area contributed by atoms with E-state index >= 15 is 0 Å². The Hall–Kier alpha value is -2.77. The van der Waals surface area contributed by atoms with E-state index in [-0.39, 0.29) is 5.91 Å². The fourth-order valence-electron chi connectivity index (χ4n) is 2.59. The molecule has 0 aliphatic rings. The Balaban J connectivity index is 1.76. The smallest absolute Gasteiger partial charge is 0.257 e. The first-order valence-corrected chi connectivity index (χ1v) is 9.37. The van der Waals surface area contributed by atoms with Gasteiger partial charge in [0, 0.05) is 36.0 Å². The maximum atomic E-state index is 12.3. The minimum absolute atomic E-state index is 0.201. The number of anilines is 1. The predicted molar refractivity (Wildman–Crippen MR) is 107 cm³/mol. The zero-order valence-corrected chi connectivity index (χ0v) is 16.3. The highest BCUT2D eigenvalue weighted by Crippen LogP contribution is 2.33. The van der Waals surface area contributed by atoms with E-state index in [0.29, 0.717) is 23.9 Å². The van der Waals surface area contributed by atoms with Crippen LogP contribution in [0.15, 0.2) is 42.0 Å². The largest absolute Gasteiger partial charge is 0.491 e. The summed E-state index contributed by atoms with van der Waals surface area (Å²) in [5.41, 5.74) is 4.56. The molecule has 3 rings (SSSR count). The molecule has 140 valence electrons. The van der Waals surface area contributed by atoms with Crippen LogP contribution in [0, 0.1) is 13.8 Å². The molecule has 1 amide bonds. The van der Waals surface area contributed by atoms with Gasteiger partial charge in [-0.2, -0.15) is 0 Å². The Morgan fingerprint density at radius 1 is 1.11 bits per heavy atom. The van der Waals surface area contributed by atoms with Gasteiger partial charge in [0.05, 0.1) is 12.3 Å². The van der Waals surface area contributed by atoms with Gasteiger partial charge in [0.1, 0.15) is 12.4 Å². The number of benzene rings is 1. The fraction of sp³-hybridized carbons (Fsp3) is 0.250. The molecule has 0 spiro atoms. The summed E-state index contributed by atoms with van der Waals surface area (Å²) in [7, 11) is 1.65. The lowest BCUT2D eigenvalue weighted by atomic mass is 10.0. The van der Waals surface area contributed by atoms with Crippen LogP contribution in [0.5, 0.6) is 5.75 Å². The number of hydrogen-bond acceptors (Lipinski definition) is 6. The van der Waals surface area contributed by atoms with Crippen molar-refractivity contribution in [2.75, 3.05) is 25.6 Å². The Bertz CT molecular complexity index is 925. The maximum Gasteiger partial charge on any atom is 0.257 e. The summed E-state index contributed by atoms with van der Waals surface area (Å²) in [5, 5.41) is 5.33. The summed E-state index contributed by atoms with van der Waals surface area (Å²) in [6.45, 7) is 5.13. The predicted octanol–water partition coefficient (Wildman–Crippen LogP) is 4.10. The van der Waals surface area contributed by atoms with Gasteiger partial charge in [-0.05, 0) is 49.2 Å². The first-order chi connectivity index (χ1) is 13.1. The second-order valence-corrected chi connectivity index (χ2v) is 6.79. The molecule has 0 unspecified atom stereocenters. The number of hydrogen-bond donors (Lipinski definition) is 1. The molecule has 1 N–H and O–H groups in total. The molecule has 0 atom stereocenters. The molecule has 6 nitrogen and oxygen atoms in total. The van der Waals surface area contributed by atoms with Crippen LogP contribution in [0.2, 0.25) is 0 Å². The third-order valence-electron chi connectivity index (χ3n) is 4.23. The second-order valence-electron chi connectivity index (χ2n) is 5.93. The van der Waals surface area contributed by atoms with Gasteiger partial charge in [0.25, 0.3) is 5.91 Å². The quantitative estimate of drug-likeness (QED) is 0.622. The van der Waals surface area contributed by atoms with Crippen molar-refractivity contribution in [3.63, 3.8) is 0 Å². The number of methoxy groups -OCH3 is 1. The fourth-order valence-corrected chi connectivity index (χ4v) is 3.30. The van der Waals surface area contributed by atoms with Crippen molar-refractivity contribution in [1.29, 1.82) is 0 Å². The molecule has 0 saturated heterocycles. The number of carbonyl (C=O) groups excluding carboxylic acids is 1. The van der Waals surface area contributed by atoms with E-state index in [1.54, 1.807) is 31.6 Å². The van der Waals surface area contributed by atoms with Crippen molar-refractivity contribution >= 4 is 22.4 Å². The Morgan fingerprint density at radius 2 is 1.89 bits per heavy atom. The van der Waals surface area contributed by atoms with E-state index in [1.165, 1.54) is 11.3 Å². The van der Waals surface area contributed by atoms with Crippen LogP contribution in [-0.4, -0.2) is 36.2 Å². The highest BCUT2D eigenvalue weighted by Gasteiger charge is 2.14. The zero-order valence-electron chi connectivity index (χ0n) is 15.5. The van der Waals surface area contributed by atoms with Gasteiger partial charge in [-0.1, -0.05) is 0 Å². The van der Waals surface area contributed by atoms with Crippen LogP contribution in [0.4, 0.5) is 5.13 Å². The lowest BCUT2D eigenvalue weighted by Gasteiger charge is -2.13. The Kier molecular flexibility index (Phi) is 6.16. The molecule has 0 aliphatic heterocycles. The van der Waals surface area contributed by atoms with E-state index < -0.39 is 0 Å². The van der Waals surface area contributed by atoms with E-state index in [1.807, 2.05) is 31.4 Å². The van der Waals surface area contributed by atoms with E-state index in [4.69, 9.17) is 9.47 Å². The van der Waals surface area contributed by atoms with E-state index in [2.05, 4.69) is 15.3 Å². The molecule has 3 aromatic rings. The molecule has 2 aromatic heterocycles. The third-order valence-corrected chi connectivity index (χ3v) is 4.98. The normalized spacial score (nSPS) is 10.6. The number of rotatable bonds is 7. The second kappa shape index (κ2) is 8.75. The summed E-state index contributed by atoms with van der Waals surface area (Å²) in [5.74, 6) is 0.642. The van der Waals surface area contributed by atoms with Crippen molar-refractivity contribution in [2.24, 2.45) is 0 Å². The molecular formula is C20H21N3O3S. The number of aromatic nitrogens is 2. The number of ether oxygens (including phenoxy) is 2. The SMILES string of the molecule is COCCOc1ccc(-c2csc(NC(=O)c3ccncc3)n2)c(C)c1C. The minimum atomic E-state index is -0.201. The lowest BCUT2D eigenvalue weighted by molar-refractivity contribution is 0.102. The molecule has 7 heteroatoms. The summed E-state index contributed by atoms with van der Waals surface area (Å²) in [6.07, 6.45) is 3.18. The average molecular weight is 383 g/mol. The van der Waals surface area contributed by atoms with Gasteiger partial charge >= 0.3 is 0 Å². The molecule has 0 fully saturated rings. The summed E-state index contributed by atoms with van der Waals surface area (Å²) >= 11 is 1.40. The van der Waals surface area contributed by atoms with Gasteiger partial charge in [-0.15, -0.1) is 11.3 Å². The maximum absolute atomic E-state index is 12.3. The van der Waals surface area contributed by atoms with Crippen molar-refractivity contribution in [2.45, 2.75) is 13.8 Å². The van der Waals surface area contributed by atoms with Crippen molar-refractivity contribution in [1.82, 2.24) is 9.97 Å². The minimum Gasteiger partial charge on any atom is -0.491 e. The van der Waals surface area contributed by atoms with Crippen LogP contribution in [0.1, 0.15) is 21.5 Å². The molecule has 2 heterocycles. The number of thiazole rings is 1. The summed E-state index contributed by atoms with van der Waals surface area (Å²) in [6, 6.07) is 7.27. The highest BCUT2D eigenvalue weighted by atomic mass is 32.1. The summed E-state index contributed by atoms with van der Waals surface area (Å²) in [4.78, 5) is 20.7. The van der Waals surface area contributed by atoms with Crippen LogP contribution in [0.25, 0.3) is 11.3 Å². The molecule has 0 radical (unpaired) electrons. The molecule has 27 heavy (non-hydrogen) atoms. The van der Waals surface area contributed by atoms with Gasteiger partial charge in [-0.25, -0.2) is 4.98 Å². The van der Waals surface area contributed by atoms with Gasteiger partial charge in [0.2, 0.25) is 0 Å². The van der Waals surface area contributed by atoms with Crippen molar-refractivity contribution in [3.05, 3.63) is 58.7 Å². The van der Waals surface area contributed by atoms with Crippen LogP contribution < -0.4 is 10.1 Å². The number of pyridine rings is 1. The number of carbonyl (C=O) groups is 1. The van der Waals surface area contributed by atoms with Crippen molar-refractivity contribution < 1.29 is 14.3 Å². The van der Waals surface area contributed by atoms with Crippen molar-refractivity contribution in [3.8, 4) is 17.0 Å². The molecule has 1 aromatic carbocycles. The molecule has 0 aliphatic carbocycles. The monoisotopic (exact) mass is 383 g/mol. The topological polar surface area (TPSA) is 73.3 Å². The van der Waals surface area contributed by atoms with Gasteiger partial charge < -0.3 is 9.47 Å². The lowest BCUT2D eigenvalue weighted by Crippen LogP contribution is -2.11. The zero-order chi connectivity index (χ0) is 19.2. The number of nitrogens with one attached hydrogen (secondary N) is 1. The first-order valence-electron chi connectivity index (χ1n) is 8.49. The van der Waals surface area contributed by atoms with Crippen LogP contribution >= 0.6 is 11.3 Å². The highest BCUT2D eigenvalue weighted by molar-refractivity contribution is 7.14. The van der Waals surface area contributed by atoms with E-state index in [9.17, 15) is 4.79 Å². The standard InChI is InChI=1S/C20H21N3O3S/c1-13-14(2)18(26-11-10-25-3)5-4-16(13)17-12-27-20(22-17)23-19(24)15-6-8-21-9-7-15/h4-9,12H,10-11H2,1-3H3,(H,22,23,24). The third kappa shape index (κ3) is 4.50. The average Bonchev–Trinajstić information content (AvgIpc) is 3.14. The van der Waals surface area contributed by atoms with Gasteiger partial charge in [0.15, 0.2) is 5.13 Å². The molecule has 0 bridgehead atoms. The molecule has 0 saturated carbocycles. The number of amides is 1. The molecular weight excluding hydrogens is 362 g/mol. The van der Waals surface area contributed by atoms with Crippen LogP contribution in [-0.2, 0) is 4.74 Å². The summed E-state index contributed by atoms with van der Waals surface area (Å²) < 4.78 is 10.8. The Morgan fingerprint density at radius 3 is 2.63 bits per heavy atom.